The molecule has 4 rings (SSSR count). The first-order valence-corrected chi connectivity index (χ1v) is 10.0. The Balaban J connectivity index is 1.40. The van der Waals surface area contributed by atoms with Gasteiger partial charge in [0.25, 0.3) is 0 Å². The fourth-order valence-electron chi connectivity index (χ4n) is 3.19. The molecular formula is C23H23FN6O. The SMILES string of the molecule is Cc1ccc(C)c(NC(=O)CCc2nnc3ccc(NCc4ccc(F)cc4)nn23)c1. The summed E-state index contributed by atoms with van der Waals surface area (Å²) in [4.78, 5) is 12.4. The Morgan fingerprint density at radius 2 is 1.84 bits per heavy atom. The molecule has 0 radical (unpaired) electrons. The molecule has 4 aromatic rings. The fraction of sp³-hybridized carbons (Fsp3) is 0.217. The summed E-state index contributed by atoms with van der Waals surface area (Å²) in [6, 6.07) is 15.9. The molecular weight excluding hydrogens is 395 g/mol. The quantitative estimate of drug-likeness (QED) is 0.473. The Labute approximate surface area is 179 Å². The minimum atomic E-state index is -0.265. The van der Waals surface area contributed by atoms with Crippen LogP contribution in [0.3, 0.4) is 0 Å². The lowest BCUT2D eigenvalue weighted by atomic mass is 10.1. The van der Waals surface area contributed by atoms with Gasteiger partial charge in [0.1, 0.15) is 11.6 Å². The minimum Gasteiger partial charge on any atom is -0.365 e. The zero-order valence-electron chi connectivity index (χ0n) is 17.4. The van der Waals surface area contributed by atoms with Crippen molar-refractivity contribution < 1.29 is 9.18 Å². The largest absolute Gasteiger partial charge is 0.365 e. The number of carbonyl (C=O) groups excluding carboxylic acids is 1. The molecule has 2 aromatic carbocycles. The highest BCUT2D eigenvalue weighted by molar-refractivity contribution is 5.91. The van der Waals surface area contributed by atoms with Crippen LogP contribution >= 0.6 is 0 Å². The van der Waals surface area contributed by atoms with E-state index in [1.165, 1.54) is 12.1 Å². The highest BCUT2D eigenvalue weighted by Gasteiger charge is 2.11. The van der Waals surface area contributed by atoms with E-state index in [2.05, 4.69) is 25.9 Å². The molecule has 8 heteroatoms. The van der Waals surface area contributed by atoms with E-state index in [1.807, 2.05) is 44.2 Å². The van der Waals surface area contributed by atoms with Gasteiger partial charge in [-0.2, -0.15) is 4.52 Å². The van der Waals surface area contributed by atoms with Crippen LogP contribution in [0, 0.1) is 19.7 Å². The number of aromatic nitrogens is 4. The Morgan fingerprint density at radius 3 is 2.65 bits per heavy atom. The van der Waals surface area contributed by atoms with E-state index in [9.17, 15) is 9.18 Å². The van der Waals surface area contributed by atoms with Crippen LogP contribution in [0.4, 0.5) is 15.9 Å². The summed E-state index contributed by atoms with van der Waals surface area (Å²) < 4.78 is 14.7. The van der Waals surface area contributed by atoms with Crippen molar-refractivity contribution in [3.63, 3.8) is 0 Å². The molecule has 0 saturated carbocycles. The number of fused-ring (bicyclic) bond motifs is 1. The summed E-state index contributed by atoms with van der Waals surface area (Å²) in [5.41, 5.74) is 4.48. The summed E-state index contributed by atoms with van der Waals surface area (Å²) in [5.74, 6) is 0.893. The number of halogens is 1. The van der Waals surface area contributed by atoms with E-state index in [1.54, 1.807) is 16.6 Å². The number of aryl methyl sites for hydroxylation is 3. The van der Waals surface area contributed by atoms with Crippen molar-refractivity contribution in [2.24, 2.45) is 0 Å². The van der Waals surface area contributed by atoms with Crippen molar-refractivity contribution in [1.29, 1.82) is 0 Å². The van der Waals surface area contributed by atoms with Crippen molar-refractivity contribution >= 4 is 23.1 Å². The van der Waals surface area contributed by atoms with E-state index in [4.69, 9.17) is 0 Å². The zero-order chi connectivity index (χ0) is 21.8. The summed E-state index contributed by atoms with van der Waals surface area (Å²) in [5, 5.41) is 19.0. The monoisotopic (exact) mass is 418 g/mol. The molecule has 2 aromatic heterocycles. The molecule has 0 aliphatic carbocycles. The van der Waals surface area contributed by atoms with Crippen LogP contribution in [-0.4, -0.2) is 25.7 Å². The van der Waals surface area contributed by atoms with Gasteiger partial charge >= 0.3 is 0 Å². The fourth-order valence-corrected chi connectivity index (χ4v) is 3.19. The summed E-state index contributed by atoms with van der Waals surface area (Å²) in [6.07, 6.45) is 0.676. The van der Waals surface area contributed by atoms with Crippen molar-refractivity contribution in [3.05, 3.63) is 82.9 Å². The number of benzene rings is 2. The minimum absolute atomic E-state index is 0.0870. The first-order valence-electron chi connectivity index (χ1n) is 10.0. The van der Waals surface area contributed by atoms with Gasteiger partial charge in [0.15, 0.2) is 11.5 Å². The third kappa shape index (κ3) is 5.03. The molecule has 2 heterocycles. The van der Waals surface area contributed by atoms with Crippen molar-refractivity contribution in [3.8, 4) is 0 Å². The standard InChI is InChI=1S/C23H23FN6O/c1-15-3-4-16(2)19(13-15)26-23(31)12-11-22-28-27-21-10-9-20(29-30(21)22)25-14-17-5-7-18(24)8-6-17/h3-10,13H,11-12,14H2,1-2H3,(H,25,29)(H,26,31). The van der Waals surface area contributed by atoms with Crippen LogP contribution in [0.5, 0.6) is 0 Å². The predicted octanol–water partition coefficient (Wildman–Crippen LogP) is 4.06. The van der Waals surface area contributed by atoms with Gasteiger partial charge in [-0.15, -0.1) is 15.3 Å². The Hall–Kier alpha value is -3.81. The number of amides is 1. The van der Waals surface area contributed by atoms with Crippen LogP contribution in [-0.2, 0) is 17.8 Å². The molecule has 0 bridgehead atoms. The molecule has 2 N–H and O–H groups in total. The van der Waals surface area contributed by atoms with Gasteiger partial charge in [-0.1, -0.05) is 24.3 Å². The average Bonchev–Trinajstić information content (AvgIpc) is 3.17. The van der Waals surface area contributed by atoms with E-state index < -0.39 is 0 Å². The number of hydrogen-bond acceptors (Lipinski definition) is 5. The van der Waals surface area contributed by atoms with Crippen LogP contribution in [0.2, 0.25) is 0 Å². The second-order valence-electron chi connectivity index (χ2n) is 7.45. The molecule has 1 amide bonds. The number of hydrogen-bond donors (Lipinski definition) is 2. The van der Waals surface area contributed by atoms with Crippen LogP contribution in [0.15, 0.2) is 54.6 Å². The second-order valence-corrected chi connectivity index (χ2v) is 7.45. The van der Waals surface area contributed by atoms with Crippen molar-refractivity contribution in [2.75, 3.05) is 10.6 Å². The van der Waals surface area contributed by atoms with E-state index in [0.29, 0.717) is 30.3 Å². The number of nitrogens with zero attached hydrogens (tertiary/aromatic N) is 4. The Morgan fingerprint density at radius 1 is 1.03 bits per heavy atom. The number of anilines is 2. The molecule has 0 saturated heterocycles. The third-order valence-corrected chi connectivity index (χ3v) is 4.96. The van der Waals surface area contributed by atoms with Crippen LogP contribution in [0.1, 0.15) is 28.9 Å². The van der Waals surface area contributed by atoms with Crippen molar-refractivity contribution in [2.45, 2.75) is 33.2 Å². The van der Waals surface area contributed by atoms with E-state index >= 15 is 0 Å². The maximum absolute atomic E-state index is 13.0. The highest BCUT2D eigenvalue weighted by atomic mass is 19.1. The van der Waals surface area contributed by atoms with Crippen LogP contribution in [0.25, 0.3) is 5.65 Å². The lowest BCUT2D eigenvalue weighted by Crippen LogP contribution is -2.14. The van der Waals surface area contributed by atoms with Gasteiger partial charge in [0.2, 0.25) is 5.91 Å². The Bertz CT molecular complexity index is 1220. The predicted molar refractivity (Wildman–Crippen MR) is 117 cm³/mol. The molecule has 0 spiro atoms. The molecule has 31 heavy (non-hydrogen) atoms. The normalized spacial score (nSPS) is 10.9. The molecule has 0 unspecified atom stereocenters. The molecule has 0 aliphatic rings. The molecule has 0 fully saturated rings. The zero-order valence-corrected chi connectivity index (χ0v) is 17.4. The number of carbonyl (C=O) groups is 1. The topological polar surface area (TPSA) is 84.2 Å². The van der Waals surface area contributed by atoms with E-state index in [0.717, 1.165) is 22.4 Å². The maximum Gasteiger partial charge on any atom is 0.224 e. The van der Waals surface area contributed by atoms with Gasteiger partial charge in [0, 0.05) is 25.1 Å². The smallest absolute Gasteiger partial charge is 0.224 e. The summed E-state index contributed by atoms with van der Waals surface area (Å²) in [7, 11) is 0. The molecule has 158 valence electrons. The first kappa shape index (κ1) is 20.5. The lowest BCUT2D eigenvalue weighted by Gasteiger charge is -2.09. The molecule has 0 atom stereocenters. The lowest BCUT2D eigenvalue weighted by molar-refractivity contribution is -0.116. The molecule has 7 nitrogen and oxygen atoms in total. The van der Waals surface area contributed by atoms with Crippen molar-refractivity contribution in [1.82, 2.24) is 19.8 Å². The molecule has 0 aliphatic heterocycles. The maximum atomic E-state index is 13.0. The van der Waals surface area contributed by atoms with Crippen LogP contribution < -0.4 is 10.6 Å². The van der Waals surface area contributed by atoms with Gasteiger partial charge in [-0.05, 0) is 60.9 Å². The van der Waals surface area contributed by atoms with Gasteiger partial charge in [-0.25, -0.2) is 4.39 Å². The average molecular weight is 418 g/mol. The van der Waals surface area contributed by atoms with Gasteiger partial charge in [-0.3, -0.25) is 4.79 Å². The second kappa shape index (κ2) is 8.91. The summed E-state index contributed by atoms with van der Waals surface area (Å²) in [6.45, 7) is 4.46. The van der Waals surface area contributed by atoms with Gasteiger partial charge < -0.3 is 10.6 Å². The third-order valence-electron chi connectivity index (χ3n) is 4.96. The highest BCUT2D eigenvalue weighted by Crippen LogP contribution is 2.17. The number of rotatable bonds is 7. The summed E-state index contributed by atoms with van der Waals surface area (Å²) >= 11 is 0. The first-order chi connectivity index (χ1) is 15.0. The van der Waals surface area contributed by atoms with E-state index in [-0.39, 0.29) is 18.1 Å². The Kier molecular flexibility index (Phi) is 5.88. The van der Waals surface area contributed by atoms with Gasteiger partial charge in [0.05, 0.1) is 0 Å². The number of nitrogens with one attached hydrogen (secondary N) is 2.